The number of aromatic nitrogens is 2. The molecular weight excluding hydrogens is 242 g/mol. The van der Waals surface area contributed by atoms with E-state index >= 15 is 0 Å². The highest BCUT2D eigenvalue weighted by atomic mass is 35.5. The van der Waals surface area contributed by atoms with Gasteiger partial charge in [0.2, 0.25) is 0 Å². The molecule has 1 aromatic rings. The zero-order chi connectivity index (χ0) is 12.6. The van der Waals surface area contributed by atoms with Crippen molar-refractivity contribution >= 4 is 17.5 Å². The van der Waals surface area contributed by atoms with Crippen LogP contribution >= 0.6 is 11.6 Å². The summed E-state index contributed by atoms with van der Waals surface area (Å²) in [5, 5.41) is 20.0. The Labute approximate surface area is 104 Å². The summed E-state index contributed by atoms with van der Waals surface area (Å²) in [5.41, 5.74) is -0.0678. The van der Waals surface area contributed by atoms with Crippen molar-refractivity contribution < 1.29 is 9.90 Å². The first kappa shape index (κ1) is 12.3. The normalized spacial score (nSPS) is 26.1. The van der Waals surface area contributed by atoms with Gasteiger partial charge in [-0.05, 0) is 18.6 Å². The van der Waals surface area contributed by atoms with Crippen molar-refractivity contribution in [2.24, 2.45) is 5.41 Å². The summed E-state index contributed by atoms with van der Waals surface area (Å²) in [5.74, 6) is -0.292. The van der Waals surface area contributed by atoms with E-state index in [1.54, 1.807) is 0 Å². The fraction of sp³-hybridized carbons (Fsp3) is 0.545. The molecule has 0 spiro atoms. The first-order chi connectivity index (χ1) is 7.91. The van der Waals surface area contributed by atoms with Crippen LogP contribution in [0.1, 0.15) is 30.8 Å². The van der Waals surface area contributed by atoms with E-state index in [0.717, 1.165) is 0 Å². The summed E-state index contributed by atoms with van der Waals surface area (Å²) in [6.07, 6.45) is 0.198. The van der Waals surface area contributed by atoms with Crippen LogP contribution in [-0.4, -0.2) is 33.4 Å². The number of carbonyl (C=O) groups excluding carboxylic acids is 1. The molecule has 1 heterocycles. The predicted octanol–water partition coefficient (Wildman–Crippen LogP) is 1.02. The second kappa shape index (κ2) is 4.23. The lowest BCUT2D eigenvalue weighted by Gasteiger charge is -2.49. The highest BCUT2D eigenvalue weighted by Gasteiger charge is 2.48. The monoisotopic (exact) mass is 255 g/mol. The van der Waals surface area contributed by atoms with E-state index in [4.69, 9.17) is 11.6 Å². The number of nitrogens with one attached hydrogen (secondary N) is 1. The number of rotatable bonds is 2. The number of carbonyl (C=O) groups is 1. The molecule has 2 rings (SSSR count). The predicted molar refractivity (Wildman–Crippen MR) is 62.7 cm³/mol. The van der Waals surface area contributed by atoms with E-state index in [0.29, 0.717) is 6.42 Å². The number of hydrogen-bond donors (Lipinski definition) is 2. The van der Waals surface area contributed by atoms with Crippen LogP contribution in [0.15, 0.2) is 12.1 Å². The van der Waals surface area contributed by atoms with Crippen LogP contribution in [-0.2, 0) is 0 Å². The Bertz CT molecular complexity index is 433. The molecule has 0 saturated heterocycles. The Hall–Kier alpha value is -1.20. The van der Waals surface area contributed by atoms with Crippen LogP contribution in [0.5, 0.6) is 0 Å². The fourth-order valence-electron chi connectivity index (χ4n) is 1.82. The lowest BCUT2D eigenvalue weighted by Crippen LogP contribution is -2.61. The summed E-state index contributed by atoms with van der Waals surface area (Å²) < 4.78 is 0. The number of amides is 1. The summed E-state index contributed by atoms with van der Waals surface area (Å²) in [6, 6.07) is 3.00. The molecule has 6 heteroatoms. The van der Waals surface area contributed by atoms with Gasteiger partial charge in [0.15, 0.2) is 10.8 Å². The molecule has 0 bridgehead atoms. The Morgan fingerprint density at radius 3 is 2.71 bits per heavy atom. The van der Waals surface area contributed by atoms with Crippen LogP contribution in [0.3, 0.4) is 0 Å². The molecule has 1 aliphatic carbocycles. The standard InChI is InChI=1S/C11H14ClN3O2/c1-11(2)7(5-8(11)16)13-10(17)6-3-4-9(12)15-14-6/h3-4,7-8,16H,5H2,1-2H3,(H,13,17). The zero-order valence-corrected chi connectivity index (χ0v) is 10.4. The Morgan fingerprint density at radius 1 is 1.53 bits per heavy atom. The third kappa shape index (κ3) is 2.25. The topological polar surface area (TPSA) is 75.1 Å². The molecule has 0 aromatic carbocycles. The van der Waals surface area contributed by atoms with Gasteiger partial charge in [-0.25, -0.2) is 0 Å². The molecule has 1 fully saturated rings. The van der Waals surface area contributed by atoms with Crippen molar-refractivity contribution in [3.05, 3.63) is 23.0 Å². The van der Waals surface area contributed by atoms with Gasteiger partial charge in [-0.3, -0.25) is 4.79 Å². The minimum absolute atomic E-state index is 0.0394. The third-order valence-electron chi connectivity index (χ3n) is 3.39. The molecule has 92 valence electrons. The molecule has 0 radical (unpaired) electrons. The maximum absolute atomic E-state index is 11.8. The van der Waals surface area contributed by atoms with Crippen LogP contribution in [0.25, 0.3) is 0 Å². The fourth-order valence-corrected chi connectivity index (χ4v) is 1.92. The lowest BCUT2D eigenvalue weighted by atomic mass is 9.64. The van der Waals surface area contributed by atoms with E-state index in [1.165, 1.54) is 12.1 Å². The second-order valence-corrected chi connectivity index (χ2v) is 5.23. The van der Waals surface area contributed by atoms with E-state index in [2.05, 4.69) is 15.5 Å². The molecule has 1 amide bonds. The maximum Gasteiger partial charge on any atom is 0.272 e. The molecule has 1 aliphatic rings. The van der Waals surface area contributed by atoms with Crippen LogP contribution in [0.2, 0.25) is 5.15 Å². The minimum atomic E-state index is -0.371. The summed E-state index contributed by atoms with van der Waals surface area (Å²) in [7, 11) is 0. The highest BCUT2D eigenvalue weighted by Crippen LogP contribution is 2.40. The number of aliphatic hydroxyl groups excluding tert-OH is 1. The van der Waals surface area contributed by atoms with Crippen LogP contribution < -0.4 is 5.32 Å². The van der Waals surface area contributed by atoms with Crippen LogP contribution in [0.4, 0.5) is 0 Å². The molecule has 1 saturated carbocycles. The Morgan fingerprint density at radius 2 is 2.24 bits per heavy atom. The van der Waals surface area contributed by atoms with Gasteiger partial charge >= 0.3 is 0 Å². The van der Waals surface area contributed by atoms with Crippen molar-refractivity contribution in [3.8, 4) is 0 Å². The third-order valence-corrected chi connectivity index (χ3v) is 3.59. The summed E-state index contributed by atoms with van der Waals surface area (Å²) in [4.78, 5) is 11.8. The van der Waals surface area contributed by atoms with E-state index in [-0.39, 0.29) is 34.3 Å². The molecule has 2 atom stereocenters. The lowest BCUT2D eigenvalue weighted by molar-refractivity contribution is -0.0690. The van der Waals surface area contributed by atoms with Gasteiger partial charge in [-0.15, -0.1) is 10.2 Å². The maximum atomic E-state index is 11.8. The smallest absolute Gasteiger partial charge is 0.272 e. The van der Waals surface area contributed by atoms with Gasteiger partial charge in [0.25, 0.3) is 5.91 Å². The average Bonchev–Trinajstić information content (AvgIpc) is 2.29. The number of hydrogen-bond acceptors (Lipinski definition) is 4. The van der Waals surface area contributed by atoms with Crippen molar-refractivity contribution in [1.82, 2.24) is 15.5 Å². The van der Waals surface area contributed by atoms with Gasteiger partial charge in [0.05, 0.1) is 6.10 Å². The first-order valence-corrected chi connectivity index (χ1v) is 5.77. The molecule has 0 aliphatic heterocycles. The number of halogens is 1. The molecular formula is C11H14ClN3O2. The molecule has 2 N–H and O–H groups in total. The number of aliphatic hydroxyl groups is 1. The quantitative estimate of drug-likeness (QED) is 0.827. The van der Waals surface area contributed by atoms with E-state index in [9.17, 15) is 9.90 Å². The number of nitrogens with zero attached hydrogens (tertiary/aromatic N) is 2. The Kier molecular flexibility index (Phi) is 3.05. The largest absolute Gasteiger partial charge is 0.392 e. The van der Waals surface area contributed by atoms with Crippen molar-refractivity contribution in [1.29, 1.82) is 0 Å². The van der Waals surface area contributed by atoms with Gasteiger partial charge in [0.1, 0.15) is 0 Å². The SMILES string of the molecule is CC1(C)C(O)CC1NC(=O)c1ccc(Cl)nn1. The van der Waals surface area contributed by atoms with Crippen molar-refractivity contribution in [2.75, 3.05) is 0 Å². The van der Waals surface area contributed by atoms with Gasteiger partial charge in [0, 0.05) is 11.5 Å². The van der Waals surface area contributed by atoms with Crippen LogP contribution in [0, 0.1) is 5.41 Å². The minimum Gasteiger partial charge on any atom is -0.392 e. The van der Waals surface area contributed by atoms with Gasteiger partial charge in [-0.2, -0.15) is 0 Å². The van der Waals surface area contributed by atoms with Gasteiger partial charge < -0.3 is 10.4 Å². The van der Waals surface area contributed by atoms with E-state index < -0.39 is 0 Å². The van der Waals surface area contributed by atoms with E-state index in [1.807, 2.05) is 13.8 Å². The average molecular weight is 256 g/mol. The molecule has 2 unspecified atom stereocenters. The Balaban J connectivity index is 2.01. The second-order valence-electron chi connectivity index (χ2n) is 4.84. The molecule has 1 aromatic heterocycles. The summed E-state index contributed by atoms with van der Waals surface area (Å²) >= 11 is 5.59. The van der Waals surface area contributed by atoms with Crippen molar-refractivity contribution in [2.45, 2.75) is 32.4 Å². The molecule has 17 heavy (non-hydrogen) atoms. The summed E-state index contributed by atoms with van der Waals surface area (Å²) in [6.45, 7) is 3.83. The van der Waals surface area contributed by atoms with Gasteiger partial charge in [-0.1, -0.05) is 25.4 Å². The first-order valence-electron chi connectivity index (χ1n) is 5.39. The molecule has 5 nitrogen and oxygen atoms in total. The zero-order valence-electron chi connectivity index (χ0n) is 9.64. The van der Waals surface area contributed by atoms with Crippen molar-refractivity contribution in [3.63, 3.8) is 0 Å². The highest BCUT2D eigenvalue weighted by molar-refractivity contribution is 6.29.